The minimum absolute atomic E-state index is 0.0434. The van der Waals surface area contributed by atoms with Crippen molar-refractivity contribution in [1.82, 2.24) is 25.1 Å². The number of urea groups is 1. The lowest BCUT2D eigenvalue weighted by Crippen LogP contribution is -2.56. The van der Waals surface area contributed by atoms with Gasteiger partial charge in [-0.1, -0.05) is 6.92 Å². The largest absolute Gasteiger partial charge is 0.348 e. The van der Waals surface area contributed by atoms with Gasteiger partial charge in [-0.15, -0.1) is 0 Å². The van der Waals surface area contributed by atoms with Crippen LogP contribution in [0.1, 0.15) is 44.7 Å². The first-order valence-electron chi connectivity index (χ1n) is 9.40. The number of likely N-dealkylation sites (tertiary alicyclic amines) is 2. The number of imidazole rings is 1. The molecule has 25 heavy (non-hydrogen) atoms. The highest BCUT2D eigenvalue weighted by Crippen LogP contribution is 2.38. The van der Waals surface area contributed by atoms with Gasteiger partial charge in [-0.2, -0.15) is 0 Å². The van der Waals surface area contributed by atoms with E-state index in [1.807, 2.05) is 16.0 Å². The van der Waals surface area contributed by atoms with Gasteiger partial charge in [-0.25, -0.2) is 9.78 Å². The number of nitrogens with zero attached hydrogens (tertiary/aromatic N) is 3. The Bertz CT molecular complexity index is 588. The molecule has 3 rings (SSSR count). The molecular formula is C18H29N5O2. The number of piperidine rings is 2. The Balaban J connectivity index is 1.60. The Morgan fingerprint density at radius 2 is 2.28 bits per heavy atom. The van der Waals surface area contributed by atoms with Crippen molar-refractivity contribution in [3.05, 3.63) is 18.2 Å². The van der Waals surface area contributed by atoms with Gasteiger partial charge in [0.25, 0.3) is 0 Å². The van der Waals surface area contributed by atoms with Crippen LogP contribution in [-0.4, -0.2) is 64.4 Å². The van der Waals surface area contributed by atoms with E-state index in [1.54, 1.807) is 6.33 Å². The fourth-order valence-electron chi connectivity index (χ4n) is 4.04. The third-order valence-electron chi connectivity index (χ3n) is 5.43. The predicted molar refractivity (Wildman–Crippen MR) is 95.0 cm³/mol. The summed E-state index contributed by atoms with van der Waals surface area (Å²) in [6, 6.07) is 0.0434. The first-order chi connectivity index (χ1) is 12.1. The predicted octanol–water partition coefficient (Wildman–Crippen LogP) is 1.78. The minimum Gasteiger partial charge on any atom is -0.348 e. The second-order valence-electron chi connectivity index (χ2n) is 7.40. The first-order valence-corrected chi connectivity index (χ1v) is 9.40. The monoisotopic (exact) mass is 347 g/mol. The number of aromatic amines is 1. The van der Waals surface area contributed by atoms with Crippen LogP contribution in [0.2, 0.25) is 0 Å². The van der Waals surface area contributed by atoms with Crippen molar-refractivity contribution < 1.29 is 9.59 Å². The van der Waals surface area contributed by atoms with E-state index < -0.39 is 0 Å². The quantitative estimate of drug-likeness (QED) is 0.852. The van der Waals surface area contributed by atoms with Crippen molar-refractivity contribution in [3.63, 3.8) is 0 Å². The Labute approximate surface area is 149 Å². The highest BCUT2D eigenvalue weighted by molar-refractivity contribution is 5.77. The molecule has 0 radical (unpaired) electrons. The van der Waals surface area contributed by atoms with Crippen molar-refractivity contribution in [2.45, 2.75) is 45.4 Å². The second kappa shape index (κ2) is 7.89. The summed E-state index contributed by atoms with van der Waals surface area (Å²) in [5.74, 6) is 0.234. The summed E-state index contributed by atoms with van der Waals surface area (Å²) in [5, 5.41) is 2.98. The molecule has 138 valence electrons. The molecule has 1 atom stereocenters. The third-order valence-corrected chi connectivity index (χ3v) is 5.43. The summed E-state index contributed by atoms with van der Waals surface area (Å²) >= 11 is 0. The van der Waals surface area contributed by atoms with Crippen molar-refractivity contribution in [3.8, 4) is 0 Å². The zero-order chi connectivity index (χ0) is 17.7. The van der Waals surface area contributed by atoms with E-state index in [0.29, 0.717) is 13.0 Å². The Morgan fingerprint density at radius 1 is 1.40 bits per heavy atom. The fourth-order valence-corrected chi connectivity index (χ4v) is 4.04. The molecule has 7 nitrogen and oxygen atoms in total. The second-order valence-corrected chi connectivity index (χ2v) is 7.40. The summed E-state index contributed by atoms with van der Waals surface area (Å²) < 4.78 is 0. The van der Waals surface area contributed by atoms with Gasteiger partial charge < -0.3 is 20.1 Å². The number of aromatic nitrogens is 2. The van der Waals surface area contributed by atoms with Gasteiger partial charge in [0.1, 0.15) is 0 Å². The summed E-state index contributed by atoms with van der Waals surface area (Å²) in [6.45, 7) is 5.83. The van der Waals surface area contributed by atoms with Gasteiger partial charge in [0.15, 0.2) is 0 Å². The van der Waals surface area contributed by atoms with Crippen molar-refractivity contribution in [1.29, 1.82) is 0 Å². The molecule has 1 aromatic rings. The zero-order valence-electron chi connectivity index (χ0n) is 15.1. The lowest BCUT2D eigenvalue weighted by molar-refractivity contribution is -0.138. The van der Waals surface area contributed by atoms with E-state index in [0.717, 1.165) is 64.0 Å². The maximum atomic E-state index is 12.3. The van der Waals surface area contributed by atoms with Crippen LogP contribution in [0.15, 0.2) is 12.5 Å². The normalized spacial score (nSPS) is 24.0. The lowest BCUT2D eigenvalue weighted by atomic mass is 9.73. The molecule has 2 fully saturated rings. The van der Waals surface area contributed by atoms with Gasteiger partial charge in [0.05, 0.1) is 6.33 Å². The Hall–Kier alpha value is -2.05. The van der Waals surface area contributed by atoms with Gasteiger partial charge in [-0.05, 0) is 25.7 Å². The molecule has 3 heterocycles. The van der Waals surface area contributed by atoms with E-state index in [4.69, 9.17) is 0 Å². The van der Waals surface area contributed by atoms with Crippen LogP contribution in [0, 0.1) is 5.41 Å². The van der Waals surface area contributed by atoms with Crippen LogP contribution >= 0.6 is 0 Å². The smallest absolute Gasteiger partial charge is 0.317 e. The maximum Gasteiger partial charge on any atom is 0.317 e. The van der Waals surface area contributed by atoms with E-state index in [1.165, 1.54) is 0 Å². The fraction of sp³-hybridized carbons (Fsp3) is 0.722. The molecule has 1 aromatic heterocycles. The maximum absolute atomic E-state index is 12.3. The first kappa shape index (κ1) is 17.8. The third kappa shape index (κ3) is 4.32. The van der Waals surface area contributed by atoms with Crippen molar-refractivity contribution in [2.24, 2.45) is 5.41 Å². The summed E-state index contributed by atoms with van der Waals surface area (Å²) in [7, 11) is 0. The lowest BCUT2D eigenvalue weighted by Gasteiger charge is -2.48. The van der Waals surface area contributed by atoms with E-state index >= 15 is 0 Å². The molecule has 1 spiro atoms. The highest BCUT2D eigenvalue weighted by Gasteiger charge is 2.42. The number of carbonyl (C=O) groups is 2. The van der Waals surface area contributed by atoms with E-state index in [2.05, 4.69) is 22.2 Å². The van der Waals surface area contributed by atoms with Gasteiger partial charge in [-0.3, -0.25) is 4.79 Å². The van der Waals surface area contributed by atoms with Gasteiger partial charge in [0.2, 0.25) is 5.91 Å². The molecule has 2 aliphatic rings. The van der Waals surface area contributed by atoms with Crippen LogP contribution in [-0.2, 0) is 11.2 Å². The highest BCUT2D eigenvalue weighted by atomic mass is 16.2. The zero-order valence-corrected chi connectivity index (χ0v) is 15.1. The Kier molecular flexibility index (Phi) is 5.60. The topological polar surface area (TPSA) is 81.3 Å². The minimum atomic E-state index is 0.0434. The van der Waals surface area contributed by atoms with Crippen LogP contribution in [0.4, 0.5) is 4.79 Å². The molecule has 2 N–H and O–H groups in total. The standard InChI is InChI=1S/C18H29N5O2/c1-2-8-20-17(25)23-9-3-6-18(13-23)7-4-16(24)22(12-18)10-5-15-11-19-14-21-15/h11,14H,2-10,12-13H2,1H3,(H,19,21)(H,20,25)/t18-/m1/s1. The molecule has 0 bridgehead atoms. The van der Waals surface area contributed by atoms with Crippen LogP contribution in [0.25, 0.3) is 0 Å². The van der Waals surface area contributed by atoms with Crippen LogP contribution in [0.3, 0.4) is 0 Å². The van der Waals surface area contributed by atoms with Crippen molar-refractivity contribution in [2.75, 3.05) is 32.7 Å². The molecule has 7 heteroatoms. The molecule has 2 saturated heterocycles. The summed E-state index contributed by atoms with van der Waals surface area (Å²) in [6.07, 6.45) is 8.81. The Morgan fingerprint density at radius 3 is 3.04 bits per heavy atom. The molecule has 3 amide bonds. The van der Waals surface area contributed by atoms with Crippen molar-refractivity contribution >= 4 is 11.9 Å². The molecule has 0 unspecified atom stereocenters. The number of hydrogen-bond donors (Lipinski definition) is 2. The van der Waals surface area contributed by atoms with Gasteiger partial charge in [0, 0.05) is 62.9 Å². The number of nitrogens with one attached hydrogen (secondary N) is 2. The average Bonchev–Trinajstić information content (AvgIpc) is 3.14. The summed E-state index contributed by atoms with van der Waals surface area (Å²) in [4.78, 5) is 35.7. The number of carbonyl (C=O) groups excluding carboxylic acids is 2. The number of hydrogen-bond acceptors (Lipinski definition) is 3. The van der Waals surface area contributed by atoms with Crippen LogP contribution in [0.5, 0.6) is 0 Å². The molecule has 0 saturated carbocycles. The average molecular weight is 347 g/mol. The van der Waals surface area contributed by atoms with Gasteiger partial charge >= 0.3 is 6.03 Å². The number of H-pyrrole nitrogens is 1. The van der Waals surface area contributed by atoms with E-state index in [9.17, 15) is 9.59 Å². The molecular weight excluding hydrogens is 318 g/mol. The molecule has 0 aliphatic carbocycles. The number of rotatable bonds is 5. The molecule has 2 aliphatic heterocycles. The SMILES string of the molecule is CCCNC(=O)N1CCC[C@]2(CCC(=O)N(CCc3cnc[nH]3)C2)C1. The van der Waals surface area contributed by atoms with Crippen LogP contribution < -0.4 is 5.32 Å². The molecule has 0 aromatic carbocycles. The summed E-state index contributed by atoms with van der Waals surface area (Å²) in [5.41, 5.74) is 1.11. The number of amides is 3. The van der Waals surface area contributed by atoms with E-state index in [-0.39, 0.29) is 17.4 Å².